The number of ether oxygens (including phenoxy) is 1. The number of hydrogen-bond acceptors (Lipinski definition) is 8. The molecule has 0 aromatic carbocycles. The van der Waals surface area contributed by atoms with E-state index in [2.05, 4.69) is 16.1 Å². The van der Waals surface area contributed by atoms with Crippen LogP contribution in [0.1, 0.15) is 32.1 Å². The molecule has 2 aliphatic rings. The van der Waals surface area contributed by atoms with Crippen molar-refractivity contribution in [2.45, 2.75) is 44.2 Å². The van der Waals surface area contributed by atoms with Crippen LogP contribution < -0.4 is 16.1 Å². The van der Waals surface area contributed by atoms with Crippen LogP contribution in [0.4, 0.5) is 0 Å². The van der Waals surface area contributed by atoms with Crippen LogP contribution in [0.5, 0.6) is 0 Å². The van der Waals surface area contributed by atoms with Gasteiger partial charge in [0.15, 0.2) is 0 Å². The highest BCUT2D eigenvalue weighted by molar-refractivity contribution is 6.05. The standard InChI is InChI=1S/C18H29N5O6/c1-29-10-5-16(26)20-7-6-19-15(25)4-9-22-17(27)11-14(18(22)28)21-23-8-2-3-13(23)12-24/h12-14,21H,2-11H2,1H3,(H,19,25)(H,20,26)/t13-,14?/m0/s1. The molecule has 0 radical (unpaired) electrons. The maximum atomic E-state index is 12.5. The van der Waals surface area contributed by atoms with E-state index in [1.807, 2.05) is 0 Å². The average Bonchev–Trinajstić information content (AvgIpc) is 3.26. The fourth-order valence-electron chi connectivity index (χ4n) is 3.30. The van der Waals surface area contributed by atoms with Crippen molar-refractivity contribution < 1.29 is 28.7 Å². The van der Waals surface area contributed by atoms with Crippen LogP contribution in [-0.2, 0) is 28.7 Å². The van der Waals surface area contributed by atoms with Gasteiger partial charge in [-0.25, -0.2) is 10.4 Å². The SMILES string of the molecule is COCCC(=O)NCCNC(=O)CCN1C(=O)CC(NN2CCC[C@H]2C=O)C1=O. The number of rotatable bonds is 12. The predicted molar refractivity (Wildman–Crippen MR) is 101 cm³/mol. The number of carbonyl (C=O) groups excluding carboxylic acids is 5. The molecule has 2 fully saturated rings. The Morgan fingerprint density at radius 2 is 1.86 bits per heavy atom. The van der Waals surface area contributed by atoms with Gasteiger partial charge in [0, 0.05) is 46.1 Å². The summed E-state index contributed by atoms with van der Waals surface area (Å²) in [6.07, 6.45) is 2.66. The lowest BCUT2D eigenvalue weighted by Crippen LogP contribution is -2.51. The van der Waals surface area contributed by atoms with Crippen molar-refractivity contribution in [3.8, 4) is 0 Å². The number of nitrogens with zero attached hydrogens (tertiary/aromatic N) is 2. The Kier molecular flexibility index (Phi) is 9.16. The highest BCUT2D eigenvalue weighted by Gasteiger charge is 2.40. The zero-order valence-electron chi connectivity index (χ0n) is 16.6. The first kappa shape index (κ1) is 22.9. The Hall–Kier alpha value is -2.37. The molecule has 11 heteroatoms. The number of aldehydes is 1. The van der Waals surface area contributed by atoms with Gasteiger partial charge in [0.25, 0.3) is 0 Å². The van der Waals surface area contributed by atoms with Gasteiger partial charge in [0.1, 0.15) is 12.3 Å². The number of methoxy groups -OCH3 is 1. The Bertz CT molecular complexity index is 628. The molecule has 29 heavy (non-hydrogen) atoms. The molecule has 2 rings (SSSR count). The van der Waals surface area contributed by atoms with Crippen molar-refractivity contribution in [2.24, 2.45) is 0 Å². The first-order valence-corrected chi connectivity index (χ1v) is 9.81. The second-order valence-electron chi connectivity index (χ2n) is 7.00. The smallest absolute Gasteiger partial charge is 0.248 e. The van der Waals surface area contributed by atoms with E-state index in [-0.39, 0.29) is 68.6 Å². The largest absolute Gasteiger partial charge is 0.384 e. The molecule has 0 saturated carbocycles. The Labute approximate surface area is 169 Å². The van der Waals surface area contributed by atoms with E-state index in [9.17, 15) is 24.0 Å². The van der Waals surface area contributed by atoms with Crippen molar-refractivity contribution in [2.75, 3.05) is 39.9 Å². The van der Waals surface area contributed by atoms with Crippen molar-refractivity contribution in [1.29, 1.82) is 0 Å². The summed E-state index contributed by atoms with van der Waals surface area (Å²) in [4.78, 5) is 60.1. The number of carbonyl (C=O) groups is 5. The molecule has 162 valence electrons. The monoisotopic (exact) mass is 411 g/mol. The molecule has 3 N–H and O–H groups in total. The number of imide groups is 1. The summed E-state index contributed by atoms with van der Waals surface area (Å²) in [5.74, 6) is -1.20. The minimum atomic E-state index is -0.701. The van der Waals surface area contributed by atoms with Crippen LogP contribution >= 0.6 is 0 Å². The number of amides is 4. The molecule has 4 amide bonds. The molecule has 0 bridgehead atoms. The van der Waals surface area contributed by atoms with E-state index in [1.54, 1.807) is 5.01 Å². The first-order valence-electron chi connectivity index (χ1n) is 9.81. The van der Waals surface area contributed by atoms with Crippen molar-refractivity contribution in [1.82, 2.24) is 26.0 Å². The molecule has 11 nitrogen and oxygen atoms in total. The lowest BCUT2D eigenvalue weighted by Gasteiger charge is -2.24. The summed E-state index contributed by atoms with van der Waals surface area (Å²) in [5.41, 5.74) is 2.98. The van der Waals surface area contributed by atoms with Gasteiger partial charge in [-0.15, -0.1) is 0 Å². The molecule has 0 aliphatic carbocycles. The predicted octanol–water partition coefficient (Wildman–Crippen LogP) is -2.06. The quantitative estimate of drug-likeness (QED) is 0.189. The normalized spacial score (nSPS) is 22.2. The number of likely N-dealkylation sites (tertiary alicyclic amines) is 1. The third-order valence-electron chi connectivity index (χ3n) is 4.89. The van der Waals surface area contributed by atoms with Gasteiger partial charge in [0.05, 0.1) is 19.1 Å². The van der Waals surface area contributed by atoms with Gasteiger partial charge < -0.3 is 20.2 Å². The number of hydrazine groups is 1. The first-order chi connectivity index (χ1) is 14.0. The zero-order chi connectivity index (χ0) is 21.2. The molecule has 2 aliphatic heterocycles. The summed E-state index contributed by atoms with van der Waals surface area (Å²) in [7, 11) is 1.51. The molecule has 2 saturated heterocycles. The fourth-order valence-corrected chi connectivity index (χ4v) is 3.30. The Morgan fingerprint density at radius 1 is 1.17 bits per heavy atom. The van der Waals surface area contributed by atoms with E-state index in [0.29, 0.717) is 13.2 Å². The van der Waals surface area contributed by atoms with E-state index in [1.165, 1.54) is 7.11 Å². The highest BCUT2D eigenvalue weighted by atomic mass is 16.5. The molecule has 1 unspecified atom stereocenters. The topological polar surface area (TPSA) is 137 Å². The molecule has 0 aromatic rings. The van der Waals surface area contributed by atoms with Gasteiger partial charge in [0.2, 0.25) is 23.6 Å². The summed E-state index contributed by atoms with van der Waals surface area (Å²) >= 11 is 0. The minimum Gasteiger partial charge on any atom is -0.384 e. The van der Waals surface area contributed by atoms with Crippen molar-refractivity contribution >= 4 is 29.9 Å². The zero-order valence-corrected chi connectivity index (χ0v) is 16.6. The molecule has 2 atom stereocenters. The third-order valence-corrected chi connectivity index (χ3v) is 4.89. The average molecular weight is 411 g/mol. The third kappa shape index (κ3) is 6.87. The van der Waals surface area contributed by atoms with E-state index < -0.39 is 6.04 Å². The van der Waals surface area contributed by atoms with Gasteiger partial charge in [-0.05, 0) is 12.8 Å². The number of hydrogen-bond donors (Lipinski definition) is 3. The Balaban J connectivity index is 1.67. The lowest BCUT2D eigenvalue weighted by atomic mass is 10.2. The van der Waals surface area contributed by atoms with E-state index >= 15 is 0 Å². The van der Waals surface area contributed by atoms with E-state index in [0.717, 1.165) is 24.0 Å². The van der Waals surface area contributed by atoms with Crippen LogP contribution in [0.3, 0.4) is 0 Å². The van der Waals surface area contributed by atoms with Gasteiger partial charge in [-0.2, -0.15) is 0 Å². The van der Waals surface area contributed by atoms with Crippen LogP contribution in [-0.4, -0.2) is 91.8 Å². The summed E-state index contributed by atoms with van der Waals surface area (Å²) in [5, 5.41) is 6.99. The summed E-state index contributed by atoms with van der Waals surface area (Å²) in [6.45, 7) is 1.52. The summed E-state index contributed by atoms with van der Waals surface area (Å²) in [6, 6.07) is -0.985. The Morgan fingerprint density at radius 3 is 2.52 bits per heavy atom. The van der Waals surface area contributed by atoms with Crippen LogP contribution in [0, 0.1) is 0 Å². The van der Waals surface area contributed by atoms with Gasteiger partial charge in [-0.3, -0.25) is 24.1 Å². The maximum Gasteiger partial charge on any atom is 0.248 e. The fraction of sp³-hybridized carbons (Fsp3) is 0.722. The highest BCUT2D eigenvalue weighted by Crippen LogP contribution is 2.18. The molecule has 0 spiro atoms. The minimum absolute atomic E-state index is 0.00100. The van der Waals surface area contributed by atoms with Crippen LogP contribution in [0.25, 0.3) is 0 Å². The summed E-state index contributed by atoms with van der Waals surface area (Å²) < 4.78 is 4.80. The lowest BCUT2D eigenvalue weighted by molar-refractivity contribution is -0.139. The molecule has 2 heterocycles. The van der Waals surface area contributed by atoms with E-state index in [4.69, 9.17) is 4.74 Å². The van der Waals surface area contributed by atoms with Crippen molar-refractivity contribution in [3.63, 3.8) is 0 Å². The second kappa shape index (κ2) is 11.6. The van der Waals surface area contributed by atoms with Crippen LogP contribution in [0.15, 0.2) is 0 Å². The van der Waals surface area contributed by atoms with Crippen molar-refractivity contribution in [3.05, 3.63) is 0 Å². The number of nitrogens with one attached hydrogen (secondary N) is 3. The molecular formula is C18H29N5O6. The molecule has 0 aromatic heterocycles. The second-order valence-corrected chi connectivity index (χ2v) is 7.00. The van der Waals surface area contributed by atoms with Gasteiger partial charge in [-0.1, -0.05) is 0 Å². The van der Waals surface area contributed by atoms with Gasteiger partial charge >= 0.3 is 0 Å². The maximum absolute atomic E-state index is 12.5. The van der Waals surface area contributed by atoms with Crippen LogP contribution in [0.2, 0.25) is 0 Å². The molecular weight excluding hydrogens is 382 g/mol.